The van der Waals surface area contributed by atoms with E-state index in [2.05, 4.69) is 15.0 Å². The number of rotatable bonds is 3. The highest BCUT2D eigenvalue weighted by Gasteiger charge is 2.66. The molecule has 6 rings (SSSR count). The van der Waals surface area contributed by atoms with Crippen molar-refractivity contribution in [3.8, 4) is 11.4 Å². The molecule has 160 valence electrons. The van der Waals surface area contributed by atoms with Crippen LogP contribution >= 0.6 is 11.6 Å². The first-order valence-corrected chi connectivity index (χ1v) is 11.2. The van der Waals surface area contributed by atoms with E-state index in [0.29, 0.717) is 28.9 Å². The van der Waals surface area contributed by atoms with Gasteiger partial charge in [-0.1, -0.05) is 29.3 Å². The molecule has 3 heterocycles. The third-order valence-corrected chi connectivity index (χ3v) is 7.37. The molecule has 0 bridgehead atoms. The standard InChI is InChI=1S/C25H22ClN5O/c1-14-4-5-17(22-27-9-3-10-28-22)18(12-14)23(32)31-11-8-16-13-25(16,31)24-29-20-7-6-19(26)15(2)21(20)30-24/h3-7,9-10,12,16H,8,11,13H2,1-2H3,(H,29,30)/t16-,25+/m1/s1. The quantitative estimate of drug-likeness (QED) is 0.480. The fourth-order valence-corrected chi connectivity index (χ4v) is 5.33. The Morgan fingerprint density at radius 3 is 2.78 bits per heavy atom. The number of carbonyl (C=O) groups excluding carboxylic acids is 1. The number of aromatic nitrogens is 4. The number of aromatic amines is 1. The molecular weight excluding hydrogens is 422 g/mol. The molecule has 32 heavy (non-hydrogen) atoms. The number of amides is 1. The normalized spacial score (nSPS) is 21.7. The summed E-state index contributed by atoms with van der Waals surface area (Å²) in [6, 6.07) is 11.5. The minimum Gasteiger partial charge on any atom is -0.340 e. The highest BCUT2D eigenvalue weighted by molar-refractivity contribution is 6.32. The Morgan fingerprint density at radius 2 is 2.00 bits per heavy atom. The molecule has 0 radical (unpaired) electrons. The highest BCUT2D eigenvalue weighted by atomic mass is 35.5. The molecule has 1 saturated heterocycles. The second-order valence-corrected chi connectivity index (χ2v) is 9.25. The number of fused-ring (bicyclic) bond motifs is 2. The van der Waals surface area contributed by atoms with Crippen molar-refractivity contribution in [1.82, 2.24) is 24.8 Å². The lowest BCUT2D eigenvalue weighted by atomic mass is 10.0. The SMILES string of the molecule is Cc1ccc(-c2ncccn2)c(C(=O)N2CC[C@@H]3C[C@@]32c2nc3c(C)c(Cl)ccc3[nH]2)c1. The number of halogens is 1. The van der Waals surface area contributed by atoms with Crippen molar-refractivity contribution in [2.75, 3.05) is 6.54 Å². The van der Waals surface area contributed by atoms with Crippen LogP contribution in [0.4, 0.5) is 0 Å². The first-order valence-electron chi connectivity index (χ1n) is 10.8. The van der Waals surface area contributed by atoms with E-state index in [1.807, 2.05) is 49.1 Å². The number of nitrogens with one attached hydrogen (secondary N) is 1. The molecule has 1 N–H and O–H groups in total. The smallest absolute Gasteiger partial charge is 0.255 e. The summed E-state index contributed by atoms with van der Waals surface area (Å²) in [5.74, 6) is 1.85. The fourth-order valence-electron chi connectivity index (χ4n) is 5.18. The van der Waals surface area contributed by atoms with Crippen LogP contribution in [0.5, 0.6) is 0 Å². The summed E-state index contributed by atoms with van der Waals surface area (Å²) in [5, 5.41) is 0.701. The first kappa shape index (κ1) is 19.4. The summed E-state index contributed by atoms with van der Waals surface area (Å²) in [7, 11) is 0. The van der Waals surface area contributed by atoms with E-state index < -0.39 is 0 Å². The van der Waals surface area contributed by atoms with Crippen molar-refractivity contribution in [3.63, 3.8) is 0 Å². The van der Waals surface area contributed by atoms with Gasteiger partial charge in [0.25, 0.3) is 5.91 Å². The van der Waals surface area contributed by atoms with Crippen molar-refractivity contribution in [2.45, 2.75) is 32.2 Å². The van der Waals surface area contributed by atoms with Crippen LogP contribution < -0.4 is 0 Å². The largest absolute Gasteiger partial charge is 0.340 e. The summed E-state index contributed by atoms with van der Waals surface area (Å²) in [5.41, 5.74) is 4.83. The van der Waals surface area contributed by atoms with Gasteiger partial charge in [0.1, 0.15) is 11.4 Å². The summed E-state index contributed by atoms with van der Waals surface area (Å²) in [4.78, 5) is 33.2. The zero-order valence-corrected chi connectivity index (χ0v) is 18.6. The third kappa shape index (κ3) is 2.72. The molecule has 4 aromatic rings. The van der Waals surface area contributed by atoms with E-state index in [9.17, 15) is 4.79 Å². The van der Waals surface area contributed by atoms with E-state index in [-0.39, 0.29) is 11.4 Å². The Kier molecular flexibility index (Phi) is 4.17. The first-order chi connectivity index (χ1) is 15.5. The molecule has 1 saturated carbocycles. The molecule has 2 aromatic carbocycles. The summed E-state index contributed by atoms with van der Waals surface area (Å²) in [6.45, 7) is 4.69. The lowest BCUT2D eigenvalue weighted by Crippen LogP contribution is -2.39. The number of likely N-dealkylation sites (tertiary alicyclic amines) is 1. The van der Waals surface area contributed by atoms with E-state index in [1.54, 1.807) is 18.5 Å². The predicted molar refractivity (Wildman–Crippen MR) is 123 cm³/mol. The van der Waals surface area contributed by atoms with Crippen LogP contribution in [0.3, 0.4) is 0 Å². The topological polar surface area (TPSA) is 74.8 Å². The molecule has 0 spiro atoms. The van der Waals surface area contributed by atoms with E-state index in [4.69, 9.17) is 16.6 Å². The van der Waals surface area contributed by atoms with Gasteiger partial charge < -0.3 is 9.88 Å². The Morgan fingerprint density at radius 1 is 1.19 bits per heavy atom. The van der Waals surface area contributed by atoms with Crippen LogP contribution in [0.1, 0.15) is 40.2 Å². The van der Waals surface area contributed by atoms with Gasteiger partial charge in [0.05, 0.1) is 16.6 Å². The van der Waals surface area contributed by atoms with Gasteiger partial charge in [-0.3, -0.25) is 4.79 Å². The van der Waals surface area contributed by atoms with Crippen LogP contribution in [0.25, 0.3) is 22.4 Å². The summed E-state index contributed by atoms with van der Waals surface area (Å²) < 4.78 is 0. The molecule has 2 aromatic heterocycles. The Labute approximate surface area is 190 Å². The average Bonchev–Trinajstić information content (AvgIpc) is 3.18. The monoisotopic (exact) mass is 443 g/mol. The maximum absolute atomic E-state index is 14.0. The van der Waals surface area contributed by atoms with E-state index >= 15 is 0 Å². The number of hydrogen-bond acceptors (Lipinski definition) is 4. The molecular formula is C25H22ClN5O. The Balaban J connectivity index is 1.44. The number of aryl methyl sites for hydroxylation is 2. The molecule has 0 unspecified atom stereocenters. The Hall–Kier alpha value is -3.25. The molecule has 1 aliphatic carbocycles. The molecule has 1 aliphatic heterocycles. The average molecular weight is 444 g/mol. The zero-order valence-electron chi connectivity index (χ0n) is 17.9. The van der Waals surface area contributed by atoms with Gasteiger partial charge in [-0.15, -0.1) is 0 Å². The van der Waals surface area contributed by atoms with Gasteiger partial charge in [-0.25, -0.2) is 15.0 Å². The van der Waals surface area contributed by atoms with Crippen molar-refractivity contribution in [3.05, 3.63) is 76.3 Å². The van der Waals surface area contributed by atoms with Crippen LogP contribution in [0.15, 0.2) is 48.8 Å². The van der Waals surface area contributed by atoms with Gasteiger partial charge in [0.15, 0.2) is 5.82 Å². The van der Waals surface area contributed by atoms with Crippen molar-refractivity contribution >= 4 is 28.5 Å². The maximum atomic E-state index is 14.0. The number of carbonyl (C=O) groups is 1. The Bertz CT molecular complexity index is 1380. The maximum Gasteiger partial charge on any atom is 0.255 e. The molecule has 1 amide bonds. The fraction of sp³-hybridized carbons (Fsp3) is 0.280. The zero-order chi connectivity index (χ0) is 22.0. The molecule has 2 atom stereocenters. The van der Waals surface area contributed by atoms with Gasteiger partial charge in [0.2, 0.25) is 0 Å². The second-order valence-electron chi connectivity index (χ2n) is 8.85. The minimum absolute atomic E-state index is 0.00589. The second kappa shape index (κ2) is 6.87. The van der Waals surface area contributed by atoms with Crippen LogP contribution in [0.2, 0.25) is 5.02 Å². The van der Waals surface area contributed by atoms with Gasteiger partial charge in [-0.2, -0.15) is 0 Å². The molecule has 2 aliphatic rings. The molecule has 6 nitrogen and oxygen atoms in total. The number of benzene rings is 2. The van der Waals surface area contributed by atoms with E-state index in [0.717, 1.165) is 46.4 Å². The van der Waals surface area contributed by atoms with Crippen molar-refractivity contribution < 1.29 is 4.79 Å². The minimum atomic E-state index is -0.381. The van der Waals surface area contributed by atoms with Crippen molar-refractivity contribution in [2.24, 2.45) is 5.92 Å². The van der Waals surface area contributed by atoms with Crippen LogP contribution in [0, 0.1) is 19.8 Å². The van der Waals surface area contributed by atoms with Gasteiger partial charge in [-0.05, 0) is 62.4 Å². The predicted octanol–water partition coefficient (Wildman–Crippen LogP) is 5.05. The van der Waals surface area contributed by atoms with Crippen LogP contribution in [-0.4, -0.2) is 37.3 Å². The highest BCUT2D eigenvalue weighted by Crippen LogP contribution is 2.62. The summed E-state index contributed by atoms with van der Waals surface area (Å²) in [6.07, 6.45) is 5.30. The molecule has 7 heteroatoms. The van der Waals surface area contributed by atoms with Crippen molar-refractivity contribution in [1.29, 1.82) is 0 Å². The number of piperidine rings is 1. The van der Waals surface area contributed by atoms with Crippen LogP contribution in [-0.2, 0) is 5.54 Å². The number of nitrogens with zero attached hydrogens (tertiary/aromatic N) is 4. The number of H-pyrrole nitrogens is 1. The lowest BCUT2D eigenvalue weighted by Gasteiger charge is -2.28. The number of imidazole rings is 1. The van der Waals surface area contributed by atoms with Gasteiger partial charge >= 0.3 is 0 Å². The number of hydrogen-bond donors (Lipinski definition) is 1. The van der Waals surface area contributed by atoms with E-state index in [1.165, 1.54) is 0 Å². The third-order valence-electron chi connectivity index (χ3n) is 6.96. The lowest BCUT2D eigenvalue weighted by molar-refractivity contribution is 0.0681. The summed E-state index contributed by atoms with van der Waals surface area (Å²) >= 11 is 6.32. The van der Waals surface area contributed by atoms with Gasteiger partial charge in [0, 0.05) is 29.5 Å². The molecule has 2 fully saturated rings.